The van der Waals surface area contributed by atoms with E-state index >= 15 is 4.39 Å². The summed E-state index contributed by atoms with van der Waals surface area (Å²) in [5, 5.41) is 7.70. The van der Waals surface area contributed by atoms with Crippen LogP contribution < -0.4 is 14.2 Å². The van der Waals surface area contributed by atoms with E-state index in [4.69, 9.17) is 28.7 Å². The fourth-order valence-electron chi connectivity index (χ4n) is 10.4. The van der Waals surface area contributed by atoms with Crippen LogP contribution in [0.15, 0.2) is 77.0 Å². The SMILES string of the molecule is COc1cc(-c2ccc3c(c2CC(=O)NS(=O)(=O)c2cc(C4(OC)COC4)n(C)n2)CCC3c2cc(-c3cc(F)c4c(c3CC(=O)NS(=O)(=O)c3cc(C5(OC)COC5)n(C)n3)CCC4)ccn2)ccn1. The number of amides is 2. The molecule has 22 heteroatoms. The van der Waals surface area contributed by atoms with Crippen molar-refractivity contribution in [3.63, 3.8) is 0 Å². The van der Waals surface area contributed by atoms with Gasteiger partial charge in [0, 0.05) is 70.5 Å². The molecule has 2 aliphatic heterocycles. The number of aryl methyl sites for hydroxylation is 2. The summed E-state index contributed by atoms with van der Waals surface area (Å²) in [5.41, 5.74) is 6.30. The molecule has 2 aliphatic carbocycles. The minimum Gasteiger partial charge on any atom is -0.481 e. The minimum atomic E-state index is -4.43. The topological polar surface area (TPSA) is 234 Å². The van der Waals surface area contributed by atoms with Crippen LogP contribution in [0.4, 0.5) is 4.39 Å². The van der Waals surface area contributed by atoms with Gasteiger partial charge in [0.05, 0.1) is 57.8 Å². The van der Waals surface area contributed by atoms with E-state index in [0.717, 1.165) is 11.1 Å². The van der Waals surface area contributed by atoms with Gasteiger partial charge in [0.1, 0.15) is 5.82 Å². The first kappa shape index (κ1) is 48.2. The third kappa shape index (κ3) is 8.58. The van der Waals surface area contributed by atoms with E-state index in [1.54, 1.807) is 44.7 Å². The molecule has 0 spiro atoms. The van der Waals surface area contributed by atoms with E-state index in [1.165, 1.54) is 48.9 Å². The number of nitrogens with one attached hydrogen (secondary N) is 2. The van der Waals surface area contributed by atoms with Crippen molar-refractivity contribution in [1.82, 2.24) is 39.0 Å². The van der Waals surface area contributed by atoms with Crippen molar-refractivity contribution in [3.8, 4) is 28.1 Å². The van der Waals surface area contributed by atoms with Crippen LogP contribution in [-0.2, 0) is 106 Å². The molecule has 19 nitrogen and oxygen atoms in total. The number of pyridine rings is 2. The van der Waals surface area contributed by atoms with Gasteiger partial charge in [0.2, 0.25) is 17.7 Å². The number of methoxy groups -OCH3 is 3. The lowest BCUT2D eigenvalue weighted by Crippen LogP contribution is -2.49. The maximum atomic E-state index is 16.0. The van der Waals surface area contributed by atoms with Gasteiger partial charge in [-0.25, -0.2) is 18.8 Å². The number of hydrogen-bond acceptors (Lipinski definition) is 15. The molecule has 0 bridgehead atoms. The van der Waals surface area contributed by atoms with E-state index in [9.17, 15) is 26.4 Å². The summed E-state index contributed by atoms with van der Waals surface area (Å²) in [6.07, 6.45) is 5.27. The van der Waals surface area contributed by atoms with Crippen molar-refractivity contribution < 1.29 is 54.5 Å². The second-order valence-electron chi connectivity index (χ2n) is 18.3. The Morgan fingerprint density at radius 1 is 0.704 bits per heavy atom. The molecule has 2 fully saturated rings. The molecule has 2 N–H and O–H groups in total. The standard InChI is InChI=1S/C49H51FN8O11S2/c1-57-41(48(66-4)24-68-25-48)22-46(53-57)70(61,62)55-43(59)20-37-30(29-14-16-52-45(18-29)65-3)9-10-32-33(37)11-12-35(32)40-17-28(13-15-51-40)36-19-39(50)34-8-6-7-31(34)38(36)21-44(60)56-71(63,64)47-23-42(58(2)54-47)49(67-5)26-69-27-49/h9-10,13-19,22-23,35H,6-8,11-12,20-21,24-27H2,1-5H3,(H,55,59)(H,56,60). The van der Waals surface area contributed by atoms with Gasteiger partial charge in [-0.2, -0.15) is 27.0 Å². The van der Waals surface area contributed by atoms with Crippen LogP contribution in [0.3, 0.4) is 0 Å². The Bertz CT molecular complexity index is 3360. The van der Waals surface area contributed by atoms with Gasteiger partial charge in [0.15, 0.2) is 21.3 Å². The van der Waals surface area contributed by atoms with Crippen LogP contribution in [0.1, 0.15) is 69.2 Å². The van der Waals surface area contributed by atoms with Gasteiger partial charge < -0.3 is 23.7 Å². The van der Waals surface area contributed by atoms with Crippen LogP contribution >= 0.6 is 0 Å². The first-order valence-corrected chi connectivity index (χ1v) is 25.9. The number of aromatic nitrogens is 6. The Morgan fingerprint density at radius 2 is 1.25 bits per heavy atom. The van der Waals surface area contributed by atoms with Crippen LogP contribution in [0.5, 0.6) is 5.88 Å². The van der Waals surface area contributed by atoms with Crippen molar-refractivity contribution in [3.05, 3.63) is 123 Å². The zero-order valence-corrected chi connectivity index (χ0v) is 41.2. The molecule has 372 valence electrons. The lowest BCUT2D eigenvalue weighted by Gasteiger charge is -2.39. The summed E-state index contributed by atoms with van der Waals surface area (Å²) in [5.74, 6) is -1.95. The second kappa shape index (κ2) is 18.3. The van der Waals surface area contributed by atoms with Crippen molar-refractivity contribution >= 4 is 31.9 Å². The zero-order valence-electron chi connectivity index (χ0n) is 39.6. The molecule has 0 saturated carbocycles. The van der Waals surface area contributed by atoms with Crippen LogP contribution in [0.25, 0.3) is 22.3 Å². The van der Waals surface area contributed by atoms with Crippen molar-refractivity contribution in [2.45, 2.75) is 72.1 Å². The first-order valence-electron chi connectivity index (χ1n) is 22.9. The highest BCUT2D eigenvalue weighted by atomic mass is 32.2. The summed E-state index contributed by atoms with van der Waals surface area (Å²) in [7, 11) is -1.17. The Kier molecular flexibility index (Phi) is 12.4. The summed E-state index contributed by atoms with van der Waals surface area (Å²) in [6, 6.07) is 15.1. The van der Waals surface area contributed by atoms with Crippen LogP contribution in [0, 0.1) is 5.82 Å². The van der Waals surface area contributed by atoms with Gasteiger partial charge in [-0.1, -0.05) is 12.1 Å². The molecule has 1 unspecified atom stereocenters. The summed E-state index contributed by atoms with van der Waals surface area (Å²) in [6.45, 7) is 0.885. The van der Waals surface area contributed by atoms with E-state index < -0.39 is 48.9 Å². The number of fused-ring (bicyclic) bond motifs is 2. The Morgan fingerprint density at radius 3 is 1.80 bits per heavy atom. The van der Waals surface area contributed by atoms with Crippen LogP contribution in [-0.4, -0.2) is 106 Å². The number of rotatable bonds is 16. The highest BCUT2D eigenvalue weighted by Crippen LogP contribution is 2.44. The third-order valence-electron chi connectivity index (χ3n) is 14.2. The van der Waals surface area contributed by atoms with Crippen molar-refractivity contribution in [2.24, 2.45) is 14.1 Å². The molecule has 4 aromatic heterocycles. The predicted octanol–water partition coefficient (Wildman–Crippen LogP) is 3.83. The maximum absolute atomic E-state index is 16.0. The molecule has 10 rings (SSSR count). The Hall–Kier alpha value is -6.43. The lowest BCUT2D eigenvalue weighted by molar-refractivity contribution is -0.206. The summed E-state index contributed by atoms with van der Waals surface area (Å²) in [4.78, 5) is 36.9. The maximum Gasteiger partial charge on any atom is 0.283 e. The van der Waals surface area contributed by atoms with Gasteiger partial charge in [-0.05, 0) is 112 Å². The average molecular weight is 1010 g/mol. The normalized spacial score (nSPS) is 17.7. The smallest absolute Gasteiger partial charge is 0.283 e. The quantitative estimate of drug-likeness (QED) is 0.140. The minimum absolute atomic E-state index is 0.220. The molecule has 1 atom stereocenters. The summed E-state index contributed by atoms with van der Waals surface area (Å²) >= 11 is 0. The second-order valence-corrected chi connectivity index (χ2v) is 21.5. The molecule has 6 aromatic rings. The van der Waals surface area contributed by atoms with Crippen molar-refractivity contribution in [1.29, 1.82) is 0 Å². The first-order chi connectivity index (χ1) is 34.0. The van der Waals surface area contributed by atoms with Gasteiger partial charge in [0.25, 0.3) is 20.0 Å². The fourth-order valence-corrected chi connectivity index (χ4v) is 12.4. The number of sulfonamides is 2. The Balaban J connectivity index is 0.953. The van der Waals surface area contributed by atoms with Gasteiger partial charge >= 0.3 is 0 Å². The van der Waals surface area contributed by atoms with Crippen LogP contribution in [0.2, 0.25) is 0 Å². The fraction of sp³-hybridized carbons (Fsp3) is 0.388. The molecule has 0 radical (unpaired) electrons. The molecule has 2 amide bonds. The number of hydrogen-bond donors (Lipinski definition) is 2. The largest absolute Gasteiger partial charge is 0.481 e. The molecular weight excluding hydrogens is 960 g/mol. The Labute approximate surface area is 409 Å². The number of ether oxygens (including phenoxy) is 5. The number of nitrogens with zero attached hydrogens (tertiary/aromatic N) is 6. The highest BCUT2D eigenvalue weighted by Gasteiger charge is 2.46. The average Bonchev–Trinajstić information content (AvgIpc) is 4.14. The van der Waals surface area contributed by atoms with Gasteiger partial charge in [-0.3, -0.25) is 23.9 Å². The molecule has 71 heavy (non-hydrogen) atoms. The monoisotopic (exact) mass is 1010 g/mol. The number of benzene rings is 2. The zero-order chi connectivity index (χ0) is 50.0. The van der Waals surface area contributed by atoms with E-state index in [-0.39, 0.29) is 55.2 Å². The van der Waals surface area contributed by atoms with Gasteiger partial charge in [-0.15, -0.1) is 0 Å². The van der Waals surface area contributed by atoms with Crippen molar-refractivity contribution in [2.75, 3.05) is 47.8 Å². The number of carbonyl (C=O) groups excluding carboxylic acids is 2. The molecular formula is C49H51FN8O11S2. The number of carbonyl (C=O) groups is 2. The third-order valence-corrected chi connectivity index (χ3v) is 16.7. The summed E-state index contributed by atoms with van der Waals surface area (Å²) < 4.78 is 105. The highest BCUT2D eigenvalue weighted by molar-refractivity contribution is 7.90. The molecule has 6 heterocycles. The predicted molar refractivity (Wildman–Crippen MR) is 252 cm³/mol. The lowest BCUT2D eigenvalue weighted by atomic mass is 9.87. The molecule has 2 saturated heterocycles. The number of halogens is 1. The molecule has 2 aromatic carbocycles. The van der Waals surface area contributed by atoms with E-state index in [1.807, 2.05) is 18.2 Å². The van der Waals surface area contributed by atoms with E-state index in [2.05, 4.69) is 24.6 Å². The van der Waals surface area contributed by atoms with E-state index in [0.29, 0.717) is 99.6 Å². The molecule has 4 aliphatic rings.